The Morgan fingerprint density at radius 3 is 2.54 bits per heavy atom. The van der Waals surface area contributed by atoms with Crippen molar-refractivity contribution in [2.45, 2.75) is 25.7 Å². The molecule has 0 radical (unpaired) electrons. The van der Waals surface area contributed by atoms with Crippen molar-refractivity contribution in [3.05, 3.63) is 42.5 Å². The van der Waals surface area contributed by atoms with Gasteiger partial charge in [0.1, 0.15) is 12.4 Å². The minimum absolute atomic E-state index is 0.0539. The Kier molecular flexibility index (Phi) is 4.69. The molecule has 0 atom stereocenters. The summed E-state index contributed by atoms with van der Waals surface area (Å²) >= 11 is 0. The van der Waals surface area contributed by atoms with Gasteiger partial charge in [-0.3, -0.25) is 9.59 Å². The van der Waals surface area contributed by atoms with E-state index < -0.39 is 11.4 Å². The Labute approximate surface area is 140 Å². The number of fused-ring (bicyclic) bond motifs is 1. The number of amides is 1. The molecule has 0 aromatic heterocycles. The molecule has 0 spiro atoms. The fourth-order valence-corrected chi connectivity index (χ4v) is 3.06. The third kappa shape index (κ3) is 3.50. The van der Waals surface area contributed by atoms with Gasteiger partial charge < -0.3 is 15.2 Å². The van der Waals surface area contributed by atoms with Crippen LogP contribution in [-0.4, -0.2) is 30.1 Å². The monoisotopic (exact) mass is 327 g/mol. The molecule has 2 aromatic rings. The predicted molar refractivity (Wildman–Crippen MR) is 91.0 cm³/mol. The highest BCUT2D eigenvalue weighted by Crippen LogP contribution is 2.44. The van der Waals surface area contributed by atoms with Crippen molar-refractivity contribution < 1.29 is 19.4 Å². The quantitative estimate of drug-likeness (QED) is 0.767. The van der Waals surface area contributed by atoms with Crippen LogP contribution in [0.1, 0.15) is 25.7 Å². The Morgan fingerprint density at radius 1 is 1.12 bits per heavy atom. The van der Waals surface area contributed by atoms with E-state index in [1.807, 2.05) is 42.5 Å². The fraction of sp³-hybridized carbons (Fsp3) is 0.368. The van der Waals surface area contributed by atoms with Gasteiger partial charge in [0.15, 0.2) is 0 Å². The number of nitrogens with one attached hydrogen (secondary N) is 1. The second-order valence-electron chi connectivity index (χ2n) is 6.32. The van der Waals surface area contributed by atoms with Gasteiger partial charge in [-0.25, -0.2) is 0 Å². The second kappa shape index (κ2) is 6.91. The molecular weight excluding hydrogens is 306 g/mol. The summed E-state index contributed by atoms with van der Waals surface area (Å²) in [6.07, 6.45) is 2.11. The summed E-state index contributed by atoms with van der Waals surface area (Å²) in [7, 11) is 0. The maximum absolute atomic E-state index is 11.9. The third-order valence-corrected chi connectivity index (χ3v) is 4.68. The van der Waals surface area contributed by atoms with Crippen LogP contribution in [0.3, 0.4) is 0 Å². The Hall–Kier alpha value is -2.56. The number of ether oxygens (including phenoxy) is 1. The zero-order valence-corrected chi connectivity index (χ0v) is 13.5. The van der Waals surface area contributed by atoms with E-state index >= 15 is 0 Å². The fourth-order valence-electron chi connectivity index (χ4n) is 3.06. The first-order chi connectivity index (χ1) is 11.6. The van der Waals surface area contributed by atoms with Gasteiger partial charge >= 0.3 is 5.97 Å². The van der Waals surface area contributed by atoms with Crippen LogP contribution in [0, 0.1) is 5.41 Å². The Bertz CT molecular complexity index is 752. The lowest BCUT2D eigenvalue weighted by molar-refractivity contribution is -0.157. The van der Waals surface area contributed by atoms with E-state index in [2.05, 4.69) is 5.32 Å². The molecule has 1 fully saturated rings. The molecule has 2 aromatic carbocycles. The van der Waals surface area contributed by atoms with E-state index in [1.165, 1.54) is 0 Å². The zero-order valence-electron chi connectivity index (χ0n) is 13.5. The molecular formula is C19H21NO4. The van der Waals surface area contributed by atoms with Gasteiger partial charge in [-0.05, 0) is 35.7 Å². The van der Waals surface area contributed by atoms with Gasteiger partial charge in [0, 0.05) is 6.42 Å². The number of carboxylic acids is 1. The lowest BCUT2D eigenvalue weighted by Crippen LogP contribution is -2.43. The van der Waals surface area contributed by atoms with Crippen LogP contribution >= 0.6 is 0 Å². The molecule has 5 heteroatoms. The van der Waals surface area contributed by atoms with Crippen molar-refractivity contribution in [3.8, 4) is 5.75 Å². The van der Waals surface area contributed by atoms with E-state index in [4.69, 9.17) is 4.74 Å². The van der Waals surface area contributed by atoms with Gasteiger partial charge in [0.2, 0.25) is 5.91 Å². The first kappa shape index (κ1) is 16.3. The number of benzene rings is 2. The standard InChI is InChI=1S/C19H21NO4/c21-17(13-19(18(22)23)8-3-9-19)20-10-11-24-16-7-6-14-4-1-2-5-15(14)12-16/h1-2,4-7,12H,3,8-11,13H2,(H,20,21)(H,22,23). The molecule has 24 heavy (non-hydrogen) atoms. The average Bonchev–Trinajstić information content (AvgIpc) is 2.54. The lowest BCUT2D eigenvalue weighted by atomic mass is 9.66. The maximum atomic E-state index is 11.9. The van der Waals surface area contributed by atoms with E-state index in [-0.39, 0.29) is 12.3 Å². The molecule has 2 N–H and O–H groups in total. The van der Waals surface area contributed by atoms with E-state index in [1.54, 1.807) is 0 Å². The first-order valence-corrected chi connectivity index (χ1v) is 8.21. The smallest absolute Gasteiger partial charge is 0.310 e. The van der Waals surface area contributed by atoms with Crippen molar-refractivity contribution in [3.63, 3.8) is 0 Å². The molecule has 1 aliphatic carbocycles. The molecule has 0 heterocycles. The van der Waals surface area contributed by atoms with Gasteiger partial charge in [-0.1, -0.05) is 36.8 Å². The van der Waals surface area contributed by atoms with Gasteiger partial charge in [0.05, 0.1) is 12.0 Å². The average molecular weight is 327 g/mol. The SMILES string of the molecule is O=C(CC1(C(=O)O)CCC1)NCCOc1ccc2ccccc2c1. The molecule has 1 amide bonds. The van der Waals surface area contributed by atoms with Gasteiger partial charge in [-0.2, -0.15) is 0 Å². The number of carbonyl (C=O) groups excluding carboxylic acids is 1. The molecule has 0 bridgehead atoms. The lowest BCUT2D eigenvalue weighted by Gasteiger charge is -2.36. The predicted octanol–water partition coefficient (Wildman–Crippen LogP) is 2.98. The molecule has 0 unspecified atom stereocenters. The molecule has 126 valence electrons. The van der Waals surface area contributed by atoms with Crippen LogP contribution in [-0.2, 0) is 9.59 Å². The summed E-state index contributed by atoms with van der Waals surface area (Å²) in [6.45, 7) is 0.714. The summed E-state index contributed by atoms with van der Waals surface area (Å²) < 4.78 is 5.65. The van der Waals surface area contributed by atoms with Crippen molar-refractivity contribution in [2.24, 2.45) is 5.41 Å². The molecule has 5 nitrogen and oxygen atoms in total. The number of hydrogen-bond donors (Lipinski definition) is 2. The van der Waals surface area contributed by atoms with Crippen LogP contribution in [0.5, 0.6) is 5.75 Å². The van der Waals surface area contributed by atoms with E-state index in [9.17, 15) is 14.7 Å². The van der Waals surface area contributed by atoms with E-state index in [0.29, 0.717) is 26.0 Å². The first-order valence-electron chi connectivity index (χ1n) is 8.21. The van der Waals surface area contributed by atoms with Crippen molar-refractivity contribution >= 4 is 22.6 Å². The van der Waals surface area contributed by atoms with E-state index in [0.717, 1.165) is 22.9 Å². The second-order valence-corrected chi connectivity index (χ2v) is 6.32. The van der Waals surface area contributed by atoms with Gasteiger partial charge in [-0.15, -0.1) is 0 Å². The number of aliphatic carboxylic acids is 1. The highest BCUT2D eigenvalue weighted by Gasteiger charge is 2.45. The summed E-state index contributed by atoms with van der Waals surface area (Å²) in [5.74, 6) is -0.334. The third-order valence-electron chi connectivity index (χ3n) is 4.68. The number of carboxylic acid groups (broad SMARTS) is 1. The summed E-state index contributed by atoms with van der Waals surface area (Å²) in [5.41, 5.74) is -0.844. The normalized spacial score (nSPS) is 15.5. The van der Waals surface area contributed by atoms with Crippen molar-refractivity contribution in [2.75, 3.05) is 13.2 Å². The molecule has 1 aliphatic rings. The van der Waals surface area contributed by atoms with Crippen LogP contribution in [0.25, 0.3) is 10.8 Å². The van der Waals surface area contributed by atoms with Crippen LogP contribution in [0.4, 0.5) is 0 Å². The summed E-state index contributed by atoms with van der Waals surface area (Å²) in [5, 5.41) is 14.2. The van der Waals surface area contributed by atoms with Crippen LogP contribution < -0.4 is 10.1 Å². The zero-order chi connectivity index (χ0) is 17.0. The number of hydrogen-bond acceptors (Lipinski definition) is 3. The summed E-state index contributed by atoms with van der Waals surface area (Å²) in [6, 6.07) is 13.9. The molecule has 1 saturated carbocycles. The Balaban J connectivity index is 1.44. The highest BCUT2D eigenvalue weighted by atomic mass is 16.5. The topological polar surface area (TPSA) is 75.6 Å². The minimum Gasteiger partial charge on any atom is -0.492 e. The minimum atomic E-state index is -0.865. The Morgan fingerprint density at radius 2 is 1.88 bits per heavy atom. The maximum Gasteiger partial charge on any atom is 0.310 e. The summed E-state index contributed by atoms with van der Waals surface area (Å²) in [4.78, 5) is 23.2. The van der Waals surface area contributed by atoms with Crippen molar-refractivity contribution in [1.82, 2.24) is 5.32 Å². The number of carbonyl (C=O) groups is 2. The highest BCUT2D eigenvalue weighted by molar-refractivity contribution is 5.85. The number of rotatable bonds is 7. The van der Waals surface area contributed by atoms with Crippen LogP contribution in [0.2, 0.25) is 0 Å². The van der Waals surface area contributed by atoms with Crippen LogP contribution in [0.15, 0.2) is 42.5 Å². The largest absolute Gasteiger partial charge is 0.492 e. The molecule has 0 aliphatic heterocycles. The van der Waals surface area contributed by atoms with Gasteiger partial charge in [0.25, 0.3) is 0 Å². The molecule has 3 rings (SSSR count). The molecule has 0 saturated heterocycles. The van der Waals surface area contributed by atoms with Crippen molar-refractivity contribution in [1.29, 1.82) is 0 Å².